The Morgan fingerprint density at radius 2 is 1.64 bits per heavy atom. The van der Waals surface area contributed by atoms with Gasteiger partial charge in [-0.25, -0.2) is 13.2 Å². The fourth-order valence-electron chi connectivity index (χ4n) is 5.44. The molecule has 0 radical (unpaired) electrons. The van der Waals surface area contributed by atoms with Gasteiger partial charge in [0.25, 0.3) is 0 Å². The van der Waals surface area contributed by atoms with Gasteiger partial charge >= 0.3 is 6.09 Å². The van der Waals surface area contributed by atoms with Gasteiger partial charge in [0.05, 0.1) is 22.3 Å². The summed E-state index contributed by atoms with van der Waals surface area (Å²) in [6, 6.07) is 8.50. The summed E-state index contributed by atoms with van der Waals surface area (Å²) in [5, 5.41) is 8.90. The minimum atomic E-state index is -3.40. The average Bonchev–Trinajstić information content (AvgIpc) is 3.10. The number of sulfone groups is 1. The van der Waals surface area contributed by atoms with E-state index in [0.29, 0.717) is 57.9 Å². The van der Waals surface area contributed by atoms with Gasteiger partial charge in [-0.05, 0) is 50.1 Å². The Balaban J connectivity index is 1.18. The molecule has 1 aromatic carbocycles. The second-order valence-electron chi connectivity index (χ2n) is 9.80. The maximum Gasteiger partial charge on any atom is 0.409 e. The third-order valence-corrected chi connectivity index (χ3v) is 9.33. The normalized spacial score (nSPS) is 22.9. The number of fused-ring (bicyclic) bond motifs is 2. The Morgan fingerprint density at radius 1 is 1.00 bits per heavy atom. The molecule has 0 saturated carbocycles. The van der Waals surface area contributed by atoms with Crippen molar-refractivity contribution in [3.8, 4) is 6.07 Å². The molecule has 1 aromatic rings. The third kappa shape index (κ3) is 6.35. The number of piperazine rings is 2. The van der Waals surface area contributed by atoms with Crippen molar-refractivity contribution in [3.05, 3.63) is 29.8 Å². The van der Waals surface area contributed by atoms with Crippen LogP contribution in [0.2, 0.25) is 0 Å². The highest BCUT2D eigenvalue weighted by molar-refractivity contribution is 7.91. The molecule has 2 bridgehead atoms. The van der Waals surface area contributed by atoms with Gasteiger partial charge in [0, 0.05) is 64.8 Å². The molecule has 2 unspecified atom stereocenters. The number of rotatable bonds is 8. The van der Waals surface area contributed by atoms with Crippen LogP contribution in [0.5, 0.6) is 0 Å². The molecular formula is C25H35N5O5S. The van der Waals surface area contributed by atoms with Crippen molar-refractivity contribution in [2.24, 2.45) is 0 Å². The Morgan fingerprint density at radius 3 is 2.22 bits per heavy atom. The van der Waals surface area contributed by atoms with Crippen molar-refractivity contribution in [2.45, 2.75) is 43.2 Å². The summed E-state index contributed by atoms with van der Waals surface area (Å²) >= 11 is 0. The van der Waals surface area contributed by atoms with Crippen LogP contribution < -0.4 is 0 Å². The second kappa shape index (κ2) is 11.6. The SMILES string of the molecule is CC(=O)N1CCN(CCOC(=O)N2CC3CCC(C2)N3CCCS(=O)(=O)c2ccc(C#N)cc2)CC1. The van der Waals surface area contributed by atoms with Gasteiger partial charge < -0.3 is 14.5 Å². The van der Waals surface area contributed by atoms with Crippen molar-refractivity contribution < 1.29 is 22.7 Å². The van der Waals surface area contributed by atoms with E-state index in [1.54, 1.807) is 11.8 Å². The monoisotopic (exact) mass is 517 g/mol. The Kier molecular flexibility index (Phi) is 8.49. The number of hydrogen-bond acceptors (Lipinski definition) is 8. The minimum absolute atomic E-state index is 0.0568. The van der Waals surface area contributed by atoms with Gasteiger partial charge in [0.2, 0.25) is 5.91 Å². The highest BCUT2D eigenvalue weighted by atomic mass is 32.2. The fourth-order valence-corrected chi connectivity index (χ4v) is 6.73. The van der Waals surface area contributed by atoms with E-state index in [2.05, 4.69) is 9.80 Å². The van der Waals surface area contributed by atoms with E-state index >= 15 is 0 Å². The van der Waals surface area contributed by atoms with Gasteiger partial charge in [-0.3, -0.25) is 14.6 Å². The van der Waals surface area contributed by atoms with E-state index in [4.69, 9.17) is 10.00 Å². The van der Waals surface area contributed by atoms with Crippen molar-refractivity contribution in [1.82, 2.24) is 19.6 Å². The number of ether oxygens (including phenoxy) is 1. The summed E-state index contributed by atoms with van der Waals surface area (Å²) in [6.45, 7) is 7.49. The number of carbonyl (C=O) groups is 2. The average molecular weight is 518 g/mol. The first-order chi connectivity index (χ1) is 17.3. The van der Waals surface area contributed by atoms with Crippen LogP contribution in [0, 0.1) is 11.3 Å². The van der Waals surface area contributed by atoms with E-state index < -0.39 is 9.84 Å². The zero-order valence-electron chi connectivity index (χ0n) is 20.8. The number of nitriles is 1. The maximum absolute atomic E-state index is 12.7. The lowest BCUT2D eigenvalue weighted by molar-refractivity contribution is -0.130. The van der Waals surface area contributed by atoms with Crippen LogP contribution in [-0.2, 0) is 19.4 Å². The zero-order valence-corrected chi connectivity index (χ0v) is 21.7. The van der Waals surface area contributed by atoms with Crippen LogP contribution in [0.25, 0.3) is 0 Å². The molecule has 3 saturated heterocycles. The van der Waals surface area contributed by atoms with Crippen LogP contribution in [0.1, 0.15) is 31.7 Å². The Labute approximate surface area is 213 Å². The Bertz CT molecular complexity index is 1070. The lowest BCUT2D eigenvalue weighted by Gasteiger charge is -2.40. The lowest BCUT2D eigenvalue weighted by Crippen LogP contribution is -2.55. The molecule has 4 rings (SSSR count). The molecule has 2 atom stereocenters. The number of likely N-dealkylation sites (tertiary alicyclic amines) is 1. The molecule has 3 heterocycles. The molecule has 2 amide bonds. The predicted octanol–water partition coefficient (Wildman–Crippen LogP) is 1.17. The first kappa shape index (κ1) is 26.4. The van der Waals surface area contributed by atoms with Crippen molar-refractivity contribution in [2.75, 3.05) is 64.7 Å². The molecular weight excluding hydrogens is 482 g/mol. The molecule has 196 valence electrons. The first-order valence-corrected chi connectivity index (χ1v) is 14.3. The van der Waals surface area contributed by atoms with Gasteiger partial charge in [-0.2, -0.15) is 5.26 Å². The van der Waals surface area contributed by atoms with Crippen LogP contribution in [-0.4, -0.2) is 117 Å². The maximum atomic E-state index is 12.7. The number of carbonyl (C=O) groups excluding carboxylic acids is 2. The predicted molar refractivity (Wildman–Crippen MR) is 133 cm³/mol. The molecule has 3 aliphatic heterocycles. The number of hydrogen-bond donors (Lipinski definition) is 0. The molecule has 0 N–H and O–H groups in total. The molecule has 3 aliphatic rings. The topological polar surface area (TPSA) is 114 Å². The third-order valence-electron chi connectivity index (χ3n) is 7.51. The Hall–Kier alpha value is -2.68. The van der Waals surface area contributed by atoms with Gasteiger partial charge in [-0.1, -0.05) is 0 Å². The molecule has 11 heteroatoms. The molecule has 3 fully saturated rings. The van der Waals surface area contributed by atoms with Gasteiger partial charge in [0.15, 0.2) is 9.84 Å². The lowest BCUT2D eigenvalue weighted by atomic mass is 10.2. The smallest absolute Gasteiger partial charge is 0.409 e. The molecule has 10 nitrogen and oxygen atoms in total. The summed E-state index contributed by atoms with van der Waals surface area (Å²) in [7, 11) is -3.40. The van der Waals surface area contributed by atoms with E-state index in [1.807, 2.05) is 11.0 Å². The van der Waals surface area contributed by atoms with Crippen molar-refractivity contribution in [1.29, 1.82) is 5.26 Å². The quantitative estimate of drug-likeness (QED) is 0.505. The van der Waals surface area contributed by atoms with Crippen LogP contribution in [0.3, 0.4) is 0 Å². The van der Waals surface area contributed by atoms with E-state index in [9.17, 15) is 18.0 Å². The van der Waals surface area contributed by atoms with Crippen LogP contribution in [0.4, 0.5) is 4.79 Å². The van der Waals surface area contributed by atoms with E-state index in [-0.39, 0.29) is 34.7 Å². The summed E-state index contributed by atoms with van der Waals surface area (Å²) in [5.41, 5.74) is 0.439. The summed E-state index contributed by atoms with van der Waals surface area (Å²) < 4.78 is 30.9. The number of benzene rings is 1. The molecule has 0 aliphatic carbocycles. The number of nitrogens with zero attached hydrogens (tertiary/aromatic N) is 5. The van der Waals surface area contributed by atoms with Gasteiger partial charge in [0.1, 0.15) is 6.61 Å². The van der Waals surface area contributed by atoms with Crippen molar-refractivity contribution >= 4 is 21.8 Å². The second-order valence-corrected chi connectivity index (χ2v) is 11.9. The largest absolute Gasteiger partial charge is 0.448 e. The standard InChI is InChI=1S/C25H35N5O5S/c1-20(31)28-12-10-27(11-13-28)14-15-35-25(32)29-18-22-5-6-23(19-29)30(22)9-2-16-36(33,34)24-7-3-21(17-26)4-8-24/h3-4,7-8,22-23H,2,5-6,9-16,18-19H2,1H3. The van der Waals surface area contributed by atoms with E-state index in [1.165, 1.54) is 24.3 Å². The van der Waals surface area contributed by atoms with Crippen LogP contribution in [0.15, 0.2) is 29.2 Å². The van der Waals surface area contributed by atoms with Crippen LogP contribution >= 0.6 is 0 Å². The minimum Gasteiger partial charge on any atom is -0.448 e. The van der Waals surface area contributed by atoms with E-state index in [0.717, 1.165) is 25.9 Å². The molecule has 0 aromatic heterocycles. The first-order valence-electron chi connectivity index (χ1n) is 12.6. The summed E-state index contributed by atoms with van der Waals surface area (Å²) in [4.78, 5) is 32.5. The molecule has 36 heavy (non-hydrogen) atoms. The zero-order chi connectivity index (χ0) is 25.7. The fraction of sp³-hybridized carbons (Fsp3) is 0.640. The highest BCUT2D eigenvalue weighted by Gasteiger charge is 2.41. The van der Waals surface area contributed by atoms with Gasteiger partial charge in [-0.15, -0.1) is 0 Å². The summed E-state index contributed by atoms with van der Waals surface area (Å²) in [5.74, 6) is 0.157. The van der Waals surface area contributed by atoms with Crippen molar-refractivity contribution in [3.63, 3.8) is 0 Å². The summed E-state index contributed by atoms with van der Waals surface area (Å²) in [6.07, 6.45) is 2.24. The highest BCUT2D eigenvalue weighted by Crippen LogP contribution is 2.30. The molecule has 0 spiro atoms. The number of amides is 2.